The van der Waals surface area contributed by atoms with Gasteiger partial charge in [-0.25, -0.2) is 4.98 Å². The Hall–Kier alpha value is -1.13. The van der Waals surface area contributed by atoms with Crippen LogP contribution in [0.1, 0.15) is 23.2 Å². The molecule has 1 aromatic rings. The number of methoxy groups -OCH3 is 1. The first-order valence-corrected chi connectivity index (χ1v) is 5.79. The molecule has 88 valence electrons. The lowest BCUT2D eigenvalue weighted by Crippen LogP contribution is -2.13. The fourth-order valence-corrected chi connectivity index (χ4v) is 2.10. The van der Waals surface area contributed by atoms with E-state index >= 15 is 0 Å². The highest BCUT2D eigenvalue weighted by Gasteiger charge is 2.15. The van der Waals surface area contributed by atoms with Crippen LogP contribution in [0, 0.1) is 0 Å². The standard InChI is InChI=1S/C12H19N3O/c1-16-6-5-14-12-10(8-13)7-9-3-2-4-11(9)15-12/h7H,2-6,8,13H2,1H3,(H,14,15). The van der Waals surface area contributed by atoms with Crippen LogP contribution >= 0.6 is 0 Å². The number of aromatic nitrogens is 1. The molecule has 0 fully saturated rings. The maximum Gasteiger partial charge on any atom is 0.130 e. The fraction of sp³-hybridized carbons (Fsp3) is 0.583. The number of hydrogen-bond donors (Lipinski definition) is 2. The highest BCUT2D eigenvalue weighted by Crippen LogP contribution is 2.24. The van der Waals surface area contributed by atoms with Crippen molar-refractivity contribution in [3.05, 3.63) is 22.9 Å². The summed E-state index contributed by atoms with van der Waals surface area (Å²) in [4.78, 5) is 4.65. The first-order chi connectivity index (χ1) is 7.85. The van der Waals surface area contributed by atoms with Gasteiger partial charge in [0.1, 0.15) is 5.82 Å². The van der Waals surface area contributed by atoms with Crippen molar-refractivity contribution in [2.45, 2.75) is 25.8 Å². The Bertz CT molecular complexity index is 366. The highest BCUT2D eigenvalue weighted by atomic mass is 16.5. The zero-order valence-electron chi connectivity index (χ0n) is 9.75. The molecule has 0 spiro atoms. The number of rotatable bonds is 5. The van der Waals surface area contributed by atoms with Crippen LogP contribution in [0.15, 0.2) is 6.07 Å². The van der Waals surface area contributed by atoms with Crippen molar-refractivity contribution in [2.75, 3.05) is 25.6 Å². The summed E-state index contributed by atoms with van der Waals surface area (Å²) in [6.07, 6.45) is 3.46. The van der Waals surface area contributed by atoms with Crippen LogP contribution in [0.5, 0.6) is 0 Å². The Morgan fingerprint density at radius 2 is 2.38 bits per heavy atom. The van der Waals surface area contributed by atoms with Gasteiger partial charge < -0.3 is 15.8 Å². The first kappa shape index (κ1) is 11.4. The van der Waals surface area contributed by atoms with Gasteiger partial charge in [-0.15, -0.1) is 0 Å². The summed E-state index contributed by atoms with van der Waals surface area (Å²) in [5.41, 5.74) is 9.45. The zero-order valence-corrected chi connectivity index (χ0v) is 9.75. The first-order valence-electron chi connectivity index (χ1n) is 5.79. The molecule has 0 saturated heterocycles. The van der Waals surface area contributed by atoms with E-state index in [2.05, 4.69) is 16.4 Å². The van der Waals surface area contributed by atoms with Crippen LogP contribution in [0.3, 0.4) is 0 Å². The molecule has 1 aromatic heterocycles. The van der Waals surface area contributed by atoms with E-state index in [1.54, 1.807) is 7.11 Å². The van der Waals surface area contributed by atoms with Gasteiger partial charge in [0.2, 0.25) is 0 Å². The van der Waals surface area contributed by atoms with Gasteiger partial charge in [0.25, 0.3) is 0 Å². The van der Waals surface area contributed by atoms with Crippen molar-refractivity contribution in [1.82, 2.24) is 4.98 Å². The van der Waals surface area contributed by atoms with Crippen LogP contribution in [-0.4, -0.2) is 25.2 Å². The molecule has 0 aromatic carbocycles. The van der Waals surface area contributed by atoms with Crippen molar-refractivity contribution in [3.63, 3.8) is 0 Å². The van der Waals surface area contributed by atoms with Crippen molar-refractivity contribution in [1.29, 1.82) is 0 Å². The SMILES string of the molecule is COCCNc1nc2c(cc1CN)CCC2. The van der Waals surface area contributed by atoms with E-state index in [0.29, 0.717) is 13.2 Å². The van der Waals surface area contributed by atoms with Gasteiger partial charge in [-0.1, -0.05) is 0 Å². The van der Waals surface area contributed by atoms with Gasteiger partial charge in [-0.2, -0.15) is 0 Å². The number of nitrogens with one attached hydrogen (secondary N) is 1. The fourth-order valence-electron chi connectivity index (χ4n) is 2.10. The van der Waals surface area contributed by atoms with Gasteiger partial charge in [-0.3, -0.25) is 0 Å². The Kier molecular flexibility index (Phi) is 3.74. The average molecular weight is 221 g/mol. The highest BCUT2D eigenvalue weighted by molar-refractivity contribution is 5.48. The summed E-state index contributed by atoms with van der Waals surface area (Å²) in [6, 6.07) is 2.20. The van der Waals surface area contributed by atoms with Crippen LogP contribution in [0.2, 0.25) is 0 Å². The predicted molar refractivity (Wildman–Crippen MR) is 64.5 cm³/mol. The zero-order chi connectivity index (χ0) is 11.4. The molecule has 3 N–H and O–H groups in total. The molecule has 1 heterocycles. The topological polar surface area (TPSA) is 60.2 Å². The van der Waals surface area contributed by atoms with E-state index in [9.17, 15) is 0 Å². The van der Waals surface area contributed by atoms with Crippen molar-refractivity contribution < 1.29 is 4.74 Å². The Morgan fingerprint density at radius 3 is 3.12 bits per heavy atom. The van der Waals surface area contributed by atoms with Crippen LogP contribution in [0.25, 0.3) is 0 Å². The lowest BCUT2D eigenvalue weighted by Gasteiger charge is -2.12. The average Bonchev–Trinajstić information content (AvgIpc) is 2.75. The second kappa shape index (κ2) is 5.27. The molecule has 0 saturated carbocycles. The number of nitrogens with two attached hydrogens (primary N) is 1. The second-order valence-corrected chi connectivity index (χ2v) is 4.08. The maximum atomic E-state index is 5.74. The third kappa shape index (κ3) is 2.33. The minimum Gasteiger partial charge on any atom is -0.383 e. The normalized spacial score (nSPS) is 13.9. The molecule has 16 heavy (non-hydrogen) atoms. The summed E-state index contributed by atoms with van der Waals surface area (Å²) in [5, 5.41) is 3.28. The minimum atomic E-state index is 0.537. The van der Waals surface area contributed by atoms with E-state index in [0.717, 1.165) is 30.8 Å². The predicted octanol–water partition coefficient (Wildman–Crippen LogP) is 1.09. The Morgan fingerprint density at radius 1 is 1.50 bits per heavy atom. The molecule has 0 radical (unpaired) electrons. The number of aryl methyl sites for hydroxylation is 2. The van der Waals surface area contributed by atoms with Crippen molar-refractivity contribution >= 4 is 5.82 Å². The molecule has 0 amide bonds. The monoisotopic (exact) mass is 221 g/mol. The number of pyridine rings is 1. The van der Waals surface area contributed by atoms with Gasteiger partial charge >= 0.3 is 0 Å². The molecule has 4 nitrogen and oxygen atoms in total. The summed E-state index contributed by atoms with van der Waals surface area (Å²) < 4.78 is 5.01. The van der Waals surface area contributed by atoms with Crippen LogP contribution < -0.4 is 11.1 Å². The van der Waals surface area contributed by atoms with E-state index in [-0.39, 0.29) is 0 Å². The van der Waals surface area contributed by atoms with E-state index in [1.165, 1.54) is 17.7 Å². The van der Waals surface area contributed by atoms with E-state index in [4.69, 9.17) is 10.5 Å². The smallest absolute Gasteiger partial charge is 0.130 e. The Balaban J connectivity index is 2.15. The lowest BCUT2D eigenvalue weighted by atomic mass is 10.1. The molecular weight excluding hydrogens is 202 g/mol. The van der Waals surface area contributed by atoms with Crippen molar-refractivity contribution in [3.8, 4) is 0 Å². The summed E-state index contributed by atoms with van der Waals surface area (Å²) in [6.45, 7) is 1.99. The number of fused-ring (bicyclic) bond motifs is 1. The van der Waals surface area contributed by atoms with Gasteiger partial charge in [0.15, 0.2) is 0 Å². The van der Waals surface area contributed by atoms with Crippen LogP contribution in [-0.2, 0) is 24.1 Å². The number of nitrogens with zero attached hydrogens (tertiary/aromatic N) is 1. The second-order valence-electron chi connectivity index (χ2n) is 4.08. The van der Waals surface area contributed by atoms with Crippen molar-refractivity contribution in [2.24, 2.45) is 5.73 Å². The third-order valence-electron chi connectivity index (χ3n) is 2.95. The molecule has 2 rings (SSSR count). The number of anilines is 1. The Labute approximate surface area is 96.2 Å². The number of ether oxygens (including phenoxy) is 1. The van der Waals surface area contributed by atoms with E-state index in [1.807, 2.05) is 0 Å². The van der Waals surface area contributed by atoms with Gasteiger partial charge in [0.05, 0.1) is 6.61 Å². The summed E-state index contributed by atoms with van der Waals surface area (Å²) in [5.74, 6) is 0.931. The molecule has 0 atom stereocenters. The molecule has 4 heteroatoms. The van der Waals surface area contributed by atoms with Crippen LogP contribution in [0.4, 0.5) is 5.82 Å². The molecular formula is C12H19N3O. The molecule has 1 aliphatic carbocycles. The quantitative estimate of drug-likeness (QED) is 0.731. The van der Waals surface area contributed by atoms with E-state index < -0.39 is 0 Å². The molecule has 0 bridgehead atoms. The number of hydrogen-bond acceptors (Lipinski definition) is 4. The largest absolute Gasteiger partial charge is 0.383 e. The minimum absolute atomic E-state index is 0.537. The molecule has 0 unspecified atom stereocenters. The molecule has 1 aliphatic rings. The third-order valence-corrected chi connectivity index (χ3v) is 2.95. The summed E-state index contributed by atoms with van der Waals surface area (Å²) >= 11 is 0. The lowest BCUT2D eigenvalue weighted by molar-refractivity contribution is 0.210. The maximum absolute atomic E-state index is 5.74. The summed E-state index contributed by atoms with van der Waals surface area (Å²) in [7, 11) is 1.70. The van der Waals surface area contributed by atoms with Gasteiger partial charge in [-0.05, 0) is 30.9 Å². The molecule has 0 aliphatic heterocycles. The van der Waals surface area contributed by atoms with Gasteiger partial charge in [0, 0.05) is 31.5 Å².